The van der Waals surface area contributed by atoms with Crippen molar-refractivity contribution in [2.75, 3.05) is 13.6 Å². The SMILES string of the molecule is CCC(CC)C(C)N1CCCC(NC)C1=O. The topological polar surface area (TPSA) is 32.3 Å². The van der Waals surface area contributed by atoms with Crippen molar-refractivity contribution in [2.45, 2.75) is 58.5 Å². The Kier molecular flexibility index (Phi) is 5.26. The molecule has 0 saturated carbocycles. The monoisotopic (exact) mass is 226 g/mol. The van der Waals surface area contributed by atoms with Gasteiger partial charge in [0.05, 0.1) is 6.04 Å². The minimum absolute atomic E-state index is 0.0468. The van der Waals surface area contributed by atoms with Gasteiger partial charge in [0.25, 0.3) is 0 Å². The highest BCUT2D eigenvalue weighted by atomic mass is 16.2. The Labute approximate surface area is 99.6 Å². The minimum atomic E-state index is 0.0468. The number of hydrogen-bond acceptors (Lipinski definition) is 2. The van der Waals surface area contributed by atoms with Crippen LogP contribution >= 0.6 is 0 Å². The van der Waals surface area contributed by atoms with Gasteiger partial charge in [-0.15, -0.1) is 0 Å². The van der Waals surface area contributed by atoms with Gasteiger partial charge >= 0.3 is 0 Å². The molecule has 94 valence electrons. The zero-order chi connectivity index (χ0) is 12.1. The van der Waals surface area contributed by atoms with Crippen molar-refractivity contribution in [3.8, 4) is 0 Å². The van der Waals surface area contributed by atoms with Crippen LogP contribution in [-0.4, -0.2) is 36.5 Å². The zero-order valence-electron chi connectivity index (χ0n) is 11.1. The molecule has 1 saturated heterocycles. The Balaban J connectivity index is 2.67. The summed E-state index contributed by atoms with van der Waals surface area (Å²) in [6.07, 6.45) is 4.43. The zero-order valence-corrected chi connectivity index (χ0v) is 11.1. The number of likely N-dealkylation sites (tertiary alicyclic amines) is 1. The molecule has 2 atom stereocenters. The molecular formula is C13H26N2O. The summed E-state index contributed by atoms with van der Waals surface area (Å²) in [5.74, 6) is 0.938. The van der Waals surface area contributed by atoms with Crippen molar-refractivity contribution < 1.29 is 4.79 Å². The van der Waals surface area contributed by atoms with Gasteiger partial charge in [-0.1, -0.05) is 26.7 Å². The molecule has 0 spiro atoms. The van der Waals surface area contributed by atoms with Crippen molar-refractivity contribution in [1.82, 2.24) is 10.2 Å². The summed E-state index contributed by atoms with van der Waals surface area (Å²) in [5, 5.41) is 3.12. The molecule has 3 nitrogen and oxygen atoms in total. The van der Waals surface area contributed by atoms with Gasteiger partial charge in [0.1, 0.15) is 0 Å². The van der Waals surface area contributed by atoms with Crippen LogP contribution in [0.4, 0.5) is 0 Å². The second kappa shape index (κ2) is 6.24. The maximum atomic E-state index is 12.2. The van der Waals surface area contributed by atoms with Crippen molar-refractivity contribution in [1.29, 1.82) is 0 Å². The van der Waals surface area contributed by atoms with E-state index in [1.54, 1.807) is 0 Å². The standard InChI is InChI=1S/C13H26N2O/c1-5-11(6-2)10(3)15-9-7-8-12(14-4)13(15)16/h10-12,14H,5-9H2,1-4H3. The maximum Gasteiger partial charge on any atom is 0.239 e. The highest BCUT2D eigenvalue weighted by molar-refractivity contribution is 5.82. The molecule has 1 rings (SSSR count). The molecule has 0 aromatic carbocycles. The average molecular weight is 226 g/mol. The number of nitrogens with zero attached hydrogens (tertiary/aromatic N) is 1. The van der Waals surface area contributed by atoms with Crippen LogP contribution in [0.3, 0.4) is 0 Å². The largest absolute Gasteiger partial charge is 0.338 e. The fourth-order valence-corrected chi connectivity index (χ4v) is 2.80. The Hall–Kier alpha value is -0.570. The summed E-state index contributed by atoms with van der Waals surface area (Å²) >= 11 is 0. The van der Waals surface area contributed by atoms with Crippen molar-refractivity contribution in [2.24, 2.45) is 5.92 Å². The first-order valence-corrected chi connectivity index (χ1v) is 6.63. The molecule has 1 N–H and O–H groups in total. The molecule has 0 aromatic rings. The van der Waals surface area contributed by atoms with E-state index >= 15 is 0 Å². The number of carbonyl (C=O) groups excluding carboxylic acids is 1. The van der Waals surface area contributed by atoms with E-state index < -0.39 is 0 Å². The van der Waals surface area contributed by atoms with Crippen LogP contribution in [0.2, 0.25) is 0 Å². The lowest BCUT2D eigenvalue weighted by atomic mass is 9.92. The van der Waals surface area contributed by atoms with E-state index in [4.69, 9.17) is 0 Å². The number of rotatable bonds is 5. The van der Waals surface area contributed by atoms with Gasteiger partial charge < -0.3 is 10.2 Å². The van der Waals surface area contributed by atoms with Crippen molar-refractivity contribution in [3.05, 3.63) is 0 Å². The number of piperidine rings is 1. The lowest BCUT2D eigenvalue weighted by molar-refractivity contribution is -0.139. The lowest BCUT2D eigenvalue weighted by Crippen LogP contribution is -2.54. The highest BCUT2D eigenvalue weighted by Crippen LogP contribution is 2.22. The molecule has 0 radical (unpaired) electrons. The first kappa shape index (κ1) is 13.5. The third-order valence-corrected chi connectivity index (χ3v) is 4.04. The van der Waals surface area contributed by atoms with Crippen molar-refractivity contribution in [3.63, 3.8) is 0 Å². The summed E-state index contributed by atoms with van der Waals surface area (Å²) in [6, 6.07) is 0.434. The first-order valence-electron chi connectivity index (χ1n) is 6.63. The maximum absolute atomic E-state index is 12.2. The summed E-state index contributed by atoms with van der Waals surface area (Å²) in [6.45, 7) is 7.57. The van der Waals surface area contributed by atoms with E-state index in [9.17, 15) is 4.79 Å². The summed E-state index contributed by atoms with van der Waals surface area (Å²) in [5.41, 5.74) is 0. The molecule has 0 bridgehead atoms. The molecule has 1 aliphatic heterocycles. The quantitative estimate of drug-likeness (QED) is 0.778. The molecule has 16 heavy (non-hydrogen) atoms. The van der Waals surface area contributed by atoms with Crippen LogP contribution in [0.25, 0.3) is 0 Å². The molecule has 0 aliphatic carbocycles. The number of nitrogens with one attached hydrogen (secondary N) is 1. The van der Waals surface area contributed by atoms with Gasteiger partial charge in [0.15, 0.2) is 0 Å². The summed E-state index contributed by atoms with van der Waals surface area (Å²) in [7, 11) is 1.88. The van der Waals surface area contributed by atoms with E-state index in [0.29, 0.717) is 17.9 Å². The predicted molar refractivity (Wildman–Crippen MR) is 67.3 cm³/mol. The van der Waals surface area contributed by atoms with Crippen LogP contribution in [0.1, 0.15) is 46.5 Å². The number of hydrogen-bond donors (Lipinski definition) is 1. The lowest BCUT2D eigenvalue weighted by Gasteiger charge is -2.39. The fraction of sp³-hybridized carbons (Fsp3) is 0.923. The van der Waals surface area contributed by atoms with Gasteiger partial charge in [0, 0.05) is 12.6 Å². The summed E-state index contributed by atoms with van der Waals surface area (Å²) < 4.78 is 0. The number of amides is 1. The van der Waals surface area contributed by atoms with E-state index in [2.05, 4.69) is 31.0 Å². The van der Waals surface area contributed by atoms with Gasteiger partial charge in [-0.2, -0.15) is 0 Å². The molecule has 0 aromatic heterocycles. The smallest absolute Gasteiger partial charge is 0.239 e. The first-order chi connectivity index (χ1) is 7.65. The van der Waals surface area contributed by atoms with Gasteiger partial charge in [-0.3, -0.25) is 4.79 Å². The second-order valence-electron chi connectivity index (χ2n) is 4.83. The van der Waals surface area contributed by atoms with Crippen LogP contribution in [-0.2, 0) is 4.79 Å². The predicted octanol–water partition coefficient (Wildman–Crippen LogP) is 2.02. The molecule has 2 unspecified atom stereocenters. The Bertz CT molecular complexity index is 226. The molecule has 1 heterocycles. The second-order valence-corrected chi connectivity index (χ2v) is 4.83. The molecule has 1 fully saturated rings. The fourth-order valence-electron chi connectivity index (χ4n) is 2.80. The van der Waals surface area contributed by atoms with Crippen LogP contribution in [0, 0.1) is 5.92 Å². The van der Waals surface area contributed by atoms with Crippen LogP contribution in [0.15, 0.2) is 0 Å². The molecule has 1 aliphatic rings. The Morgan fingerprint density at radius 2 is 2.06 bits per heavy atom. The molecule has 1 amide bonds. The number of carbonyl (C=O) groups is 1. The minimum Gasteiger partial charge on any atom is -0.338 e. The molecular weight excluding hydrogens is 200 g/mol. The van der Waals surface area contributed by atoms with E-state index in [0.717, 1.165) is 32.2 Å². The Morgan fingerprint density at radius 3 is 2.56 bits per heavy atom. The van der Waals surface area contributed by atoms with Crippen LogP contribution in [0.5, 0.6) is 0 Å². The van der Waals surface area contributed by atoms with E-state index in [1.165, 1.54) is 0 Å². The third kappa shape index (κ3) is 2.76. The van der Waals surface area contributed by atoms with E-state index in [1.807, 2.05) is 7.05 Å². The molecule has 3 heteroatoms. The van der Waals surface area contributed by atoms with Gasteiger partial charge in [-0.05, 0) is 32.7 Å². The van der Waals surface area contributed by atoms with Gasteiger partial charge in [0.2, 0.25) is 5.91 Å². The highest BCUT2D eigenvalue weighted by Gasteiger charge is 2.32. The van der Waals surface area contributed by atoms with E-state index in [-0.39, 0.29) is 6.04 Å². The number of likely N-dealkylation sites (N-methyl/N-ethyl adjacent to an activating group) is 1. The Morgan fingerprint density at radius 1 is 1.44 bits per heavy atom. The normalized spacial score (nSPS) is 23.9. The van der Waals surface area contributed by atoms with Crippen molar-refractivity contribution >= 4 is 5.91 Å². The average Bonchev–Trinajstić information content (AvgIpc) is 2.30. The summed E-state index contributed by atoms with van der Waals surface area (Å²) in [4.78, 5) is 14.3. The third-order valence-electron chi connectivity index (χ3n) is 4.04. The van der Waals surface area contributed by atoms with Crippen LogP contribution < -0.4 is 5.32 Å². The van der Waals surface area contributed by atoms with Gasteiger partial charge in [-0.25, -0.2) is 0 Å².